The number of alkyl halides is 3. The first kappa shape index (κ1) is 24.1. The molecule has 1 aliphatic rings. The highest BCUT2D eigenvalue weighted by Gasteiger charge is 2.32. The number of para-hydroxylation sites is 1. The third-order valence-corrected chi connectivity index (χ3v) is 5.67. The van der Waals surface area contributed by atoms with Crippen LogP contribution in [0.5, 0.6) is 5.75 Å². The minimum atomic E-state index is -4.61. The summed E-state index contributed by atoms with van der Waals surface area (Å²) in [5.74, 6) is -1.21. The van der Waals surface area contributed by atoms with E-state index >= 15 is 0 Å². The second kappa shape index (κ2) is 9.65. The van der Waals surface area contributed by atoms with Gasteiger partial charge in [-0.3, -0.25) is 9.69 Å². The van der Waals surface area contributed by atoms with Crippen molar-refractivity contribution < 1.29 is 37.0 Å². The minimum Gasteiger partial charge on any atom is -0.491 e. The van der Waals surface area contributed by atoms with Crippen molar-refractivity contribution in [2.75, 3.05) is 32.8 Å². The highest BCUT2D eigenvalue weighted by molar-refractivity contribution is 6.34. The Bertz CT molecular complexity index is 1280. The summed E-state index contributed by atoms with van der Waals surface area (Å²) in [6.07, 6.45) is -5.59. The lowest BCUT2D eigenvalue weighted by molar-refractivity contribution is -0.156. The number of carbonyl (C=O) groups is 1. The number of hydrogen-bond donors (Lipinski definition) is 1. The fraction of sp³-hybridized carbons (Fsp3) is 0.304. The van der Waals surface area contributed by atoms with Crippen LogP contribution in [0.15, 0.2) is 51.7 Å². The minimum absolute atomic E-state index is 0.00615. The van der Waals surface area contributed by atoms with Crippen LogP contribution in [0.25, 0.3) is 22.3 Å². The first-order chi connectivity index (χ1) is 16.1. The van der Waals surface area contributed by atoms with Gasteiger partial charge in [-0.05, 0) is 30.3 Å². The molecule has 1 aliphatic heterocycles. The van der Waals surface area contributed by atoms with Crippen molar-refractivity contribution >= 4 is 28.5 Å². The van der Waals surface area contributed by atoms with Crippen LogP contribution < -0.4 is 10.2 Å². The average Bonchev–Trinajstić information content (AvgIpc) is 2.79. The van der Waals surface area contributed by atoms with Gasteiger partial charge in [-0.25, -0.2) is 4.79 Å². The van der Waals surface area contributed by atoms with Crippen LogP contribution in [0.1, 0.15) is 5.56 Å². The van der Waals surface area contributed by atoms with Gasteiger partial charge < -0.3 is 19.0 Å². The summed E-state index contributed by atoms with van der Waals surface area (Å²) in [5.41, 5.74) is -1.06. The van der Waals surface area contributed by atoms with Crippen LogP contribution in [0.4, 0.5) is 13.2 Å². The van der Waals surface area contributed by atoms with Gasteiger partial charge in [-0.1, -0.05) is 17.7 Å². The first-order valence-corrected chi connectivity index (χ1v) is 10.6. The van der Waals surface area contributed by atoms with Gasteiger partial charge in [0.2, 0.25) is 0 Å². The summed E-state index contributed by atoms with van der Waals surface area (Å²) in [4.78, 5) is 25.5. The maximum Gasteiger partial charge on any atom is 0.416 e. The van der Waals surface area contributed by atoms with E-state index in [0.717, 1.165) is 12.1 Å². The van der Waals surface area contributed by atoms with E-state index in [4.69, 9.17) is 30.6 Å². The van der Waals surface area contributed by atoms with E-state index in [1.54, 1.807) is 11.0 Å². The lowest BCUT2D eigenvalue weighted by atomic mass is 10.1. The van der Waals surface area contributed by atoms with E-state index in [1.807, 2.05) is 0 Å². The zero-order chi connectivity index (χ0) is 24.5. The Morgan fingerprint density at radius 3 is 2.76 bits per heavy atom. The second-order valence-electron chi connectivity index (χ2n) is 7.65. The van der Waals surface area contributed by atoms with Crippen molar-refractivity contribution in [3.05, 3.63) is 63.3 Å². The molecule has 2 heterocycles. The zero-order valence-corrected chi connectivity index (χ0v) is 18.4. The molecule has 4 rings (SSSR count). The quantitative estimate of drug-likeness (QED) is 0.543. The van der Waals surface area contributed by atoms with E-state index in [2.05, 4.69) is 0 Å². The molecule has 7 nitrogen and oxygen atoms in total. The van der Waals surface area contributed by atoms with Crippen molar-refractivity contribution in [3.8, 4) is 17.1 Å². The molecule has 11 heteroatoms. The summed E-state index contributed by atoms with van der Waals surface area (Å²) in [5, 5.41) is 9.54. The maximum atomic E-state index is 13.3. The van der Waals surface area contributed by atoms with Crippen LogP contribution in [0, 0.1) is 0 Å². The zero-order valence-electron chi connectivity index (χ0n) is 17.6. The number of halogens is 4. The van der Waals surface area contributed by atoms with Gasteiger partial charge in [0.05, 0.1) is 28.1 Å². The molecule has 1 atom stereocenters. The van der Waals surface area contributed by atoms with Crippen LogP contribution in [0.2, 0.25) is 5.02 Å². The average molecular weight is 498 g/mol. The van der Waals surface area contributed by atoms with Crippen molar-refractivity contribution in [2.45, 2.75) is 12.3 Å². The number of aliphatic carboxylic acids is 1. The number of rotatable bonds is 6. The molecule has 0 aliphatic carbocycles. The van der Waals surface area contributed by atoms with Crippen molar-refractivity contribution in [1.29, 1.82) is 0 Å². The molecule has 0 bridgehead atoms. The van der Waals surface area contributed by atoms with Gasteiger partial charge in [0, 0.05) is 25.7 Å². The predicted octanol–water partition coefficient (Wildman–Crippen LogP) is 4.30. The molecule has 2 aromatic carbocycles. The summed E-state index contributed by atoms with van der Waals surface area (Å²) in [6, 6.07) is 8.72. The molecule has 1 saturated heterocycles. The van der Waals surface area contributed by atoms with Crippen LogP contribution in [-0.4, -0.2) is 54.9 Å². The molecule has 0 saturated carbocycles. The van der Waals surface area contributed by atoms with Crippen molar-refractivity contribution in [3.63, 3.8) is 0 Å². The highest BCUT2D eigenvalue weighted by atomic mass is 35.5. The molecule has 180 valence electrons. The van der Waals surface area contributed by atoms with Crippen molar-refractivity contribution in [2.24, 2.45) is 0 Å². The standard InChI is InChI=1S/C23H19ClF3NO6/c24-16-3-1-2-14-17(29)11-19(34-21(14)16)15-5-4-13(23(25,26)27)10-18(15)32-8-6-28-7-9-33-20(12-28)22(30)31/h1-5,10-11,20H,6-9,12H2,(H,30,31). The van der Waals surface area contributed by atoms with Crippen molar-refractivity contribution in [1.82, 2.24) is 4.90 Å². The highest BCUT2D eigenvalue weighted by Crippen LogP contribution is 2.38. The Morgan fingerprint density at radius 1 is 1.24 bits per heavy atom. The number of nitrogens with zero attached hydrogens (tertiary/aromatic N) is 1. The monoisotopic (exact) mass is 497 g/mol. The summed E-state index contributed by atoms with van der Waals surface area (Å²) >= 11 is 6.15. The Morgan fingerprint density at radius 2 is 2.03 bits per heavy atom. The molecular formula is C23H19ClF3NO6. The molecule has 0 amide bonds. The molecule has 34 heavy (non-hydrogen) atoms. The van der Waals surface area contributed by atoms with E-state index in [1.165, 1.54) is 24.3 Å². The maximum absolute atomic E-state index is 13.3. The van der Waals surface area contributed by atoms with E-state index in [0.29, 0.717) is 6.54 Å². The first-order valence-electron chi connectivity index (χ1n) is 10.3. The van der Waals surface area contributed by atoms with Gasteiger partial charge in [0.15, 0.2) is 17.1 Å². The lowest BCUT2D eigenvalue weighted by Crippen LogP contribution is -2.47. The Kier molecular flexibility index (Phi) is 6.83. The number of fused-ring (bicyclic) bond motifs is 1. The molecule has 0 spiro atoms. The fourth-order valence-corrected chi connectivity index (χ4v) is 3.85. The third-order valence-electron chi connectivity index (χ3n) is 5.37. The smallest absolute Gasteiger partial charge is 0.416 e. The normalized spacial score (nSPS) is 17.1. The molecule has 1 unspecified atom stereocenters. The van der Waals surface area contributed by atoms with Crippen LogP contribution >= 0.6 is 11.6 Å². The van der Waals surface area contributed by atoms with Gasteiger partial charge in [0.1, 0.15) is 18.1 Å². The topological polar surface area (TPSA) is 89.2 Å². The molecule has 0 radical (unpaired) electrons. The van der Waals surface area contributed by atoms with E-state index in [-0.39, 0.29) is 59.4 Å². The van der Waals surface area contributed by atoms with Crippen LogP contribution in [-0.2, 0) is 15.7 Å². The second-order valence-corrected chi connectivity index (χ2v) is 8.05. The van der Waals surface area contributed by atoms with Gasteiger partial charge in [-0.15, -0.1) is 0 Å². The number of benzene rings is 2. The van der Waals surface area contributed by atoms with Gasteiger partial charge >= 0.3 is 12.1 Å². The van der Waals surface area contributed by atoms with E-state index in [9.17, 15) is 22.8 Å². The summed E-state index contributed by atoms with van der Waals surface area (Å²) in [7, 11) is 0. The molecule has 1 aromatic heterocycles. The van der Waals surface area contributed by atoms with E-state index < -0.39 is 29.2 Å². The SMILES string of the molecule is O=C(O)C1CN(CCOc2cc(C(F)(F)F)ccc2-c2cc(=O)c3cccc(Cl)c3o2)CCO1. The van der Waals surface area contributed by atoms with Gasteiger partial charge in [0.25, 0.3) is 0 Å². The number of carboxylic acid groups (broad SMARTS) is 1. The summed E-state index contributed by atoms with van der Waals surface area (Å²) in [6.45, 7) is 1.04. The number of ether oxygens (including phenoxy) is 2. The largest absolute Gasteiger partial charge is 0.491 e. The predicted molar refractivity (Wildman–Crippen MR) is 117 cm³/mol. The Hall–Kier alpha value is -3.08. The third kappa shape index (κ3) is 5.19. The number of carboxylic acids is 1. The Labute approximate surface area is 196 Å². The lowest BCUT2D eigenvalue weighted by Gasteiger charge is -2.30. The summed E-state index contributed by atoms with van der Waals surface area (Å²) < 4.78 is 56.6. The molecular weight excluding hydrogens is 479 g/mol. The van der Waals surface area contributed by atoms with Crippen LogP contribution in [0.3, 0.4) is 0 Å². The molecule has 1 fully saturated rings. The molecule has 3 aromatic rings. The number of morpholine rings is 1. The molecule has 1 N–H and O–H groups in total. The fourth-order valence-electron chi connectivity index (χ4n) is 3.64. The van der Waals surface area contributed by atoms with Gasteiger partial charge in [-0.2, -0.15) is 13.2 Å². The number of hydrogen-bond acceptors (Lipinski definition) is 6. The Balaban J connectivity index is 1.64.